The number of hydrogen-bond acceptors (Lipinski definition) is 5. The summed E-state index contributed by atoms with van der Waals surface area (Å²) < 4.78 is 5.42. The predicted molar refractivity (Wildman–Crippen MR) is 70.7 cm³/mol. The summed E-state index contributed by atoms with van der Waals surface area (Å²) >= 11 is 1.64. The first-order valence-corrected chi connectivity index (χ1v) is 6.41. The lowest BCUT2D eigenvalue weighted by Crippen LogP contribution is -2.05. The van der Waals surface area contributed by atoms with E-state index in [1.54, 1.807) is 24.8 Å². The van der Waals surface area contributed by atoms with Crippen molar-refractivity contribution in [3.8, 4) is 16.3 Å². The average molecular weight is 249 g/mol. The number of thiophene rings is 1. The summed E-state index contributed by atoms with van der Waals surface area (Å²) in [7, 11) is 1.65. The van der Waals surface area contributed by atoms with Crippen LogP contribution in [0.5, 0.6) is 5.75 Å². The van der Waals surface area contributed by atoms with Gasteiger partial charge in [-0.3, -0.25) is 0 Å². The largest absolute Gasteiger partial charge is 0.491 e. The van der Waals surface area contributed by atoms with Crippen molar-refractivity contribution >= 4 is 17.2 Å². The zero-order valence-electron chi connectivity index (χ0n) is 9.93. The highest BCUT2D eigenvalue weighted by Crippen LogP contribution is 2.35. The molecule has 1 N–H and O–H groups in total. The predicted octanol–water partition coefficient (Wildman–Crippen LogP) is 3.04. The third-order valence-corrected chi connectivity index (χ3v) is 3.18. The molecule has 0 unspecified atom stereocenters. The van der Waals surface area contributed by atoms with Gasteiger partial charge in [-0.25, -0.2) is 9.97 Å². The van der Waals surface area contributed by atoms with Crippen molar-refractivity contribution in [1.29, 1.82) is 0 Å². The van der Waals surface area contributed by atoms with Crippen molar-refractivity contribution in [3.63, 3.8) is 0 Å². The molecule has 0 spiro atoms. The minimum absolute atomic E-state index is 0.711. The molecule has 0 aliphatic rings. The van der Waals surface area contributed by atoms with Crippen LogP contribution in [0, 0.1) is 0 Å². The van der Waals surface area contributed by atoms with Crippen LogP contribution >= 0.6 is 11.3 Å². The maximum Gasteiger partial charge on any atom is 0.188 e. The molecule has 90 valence electrons. The van der Waals surface area contributed by atoms with E-state index in [-0.39, 0.29) is 0 Å². The molecule has 2 aromatic heterocycles. The zero-order chi connectivity index (χ0) is 12.1. The maximum atomic E-state index is 5.42. The fraction of sp³-hybridized carbons (Fsp3) is 0.333. The third kappa shape index (κ3) is 2.55. The van der Waals surface area contributed by atoms with Crippen LogP contribution in [0.3, 0.4) is 0 Å². The van der Waals surface area contributed by atoms with E-state index in [0.717, 1.165) is 29.4 Å². The van der Waals surface area contributed by atoms with Crippen LogP contribution in [0.1, 0.15) is 13.3 Å². The van der Waals surface area contributed by atoms with Crippen LogP contribution in [0.4, 0.5) is 5.82 Å². The fourth-order valence-corrected chi connectivity index (χ4v) is 2.24. The number of ether oxygens (including phenoxy) is 1. The summed E-state index contributed by atoms with van der Waals surface area (Å²) in [5.74, 6) is 1.47. The average Bonchev–Trinajstić information content (AvgIpc) is 2.89. The van der Waals surface area contributed by atoms with Crippen molar-refractivity contribution < 1.29 is 4.74 Å². The molecule has 0 atom stereocenters. The van der Waals surface area contributed by atoms with Gasteiger partial charge in [0.1, 0.15) is 12.0 Å². The lowest BCUT2D eigenvalue weighted by Gasteiger charge is -2.11. The van der Waals surface area contributed by atoms with E-state index in [9.17, 15) is 0 Å². The summed E-state index contributed by atoms with van der Waals surface area (Å²) in [5.41, 5.74) is 0.844. The van der Waals surface area contributed by atoms with Gasteiger partial charge >= 0.3 is 0 Å². The molecule has 2 rings (SSSR count). The maximum absolute atomic E-state index is 5.42. The molecule has 0 radical (unpaired) electrons. The first kappa shape index (κ1) is 11.9. The quantitative estimate of drug-likeness (QED) is 0.884. The third-order valence-electron chi connectivity index (χ3n) is 2.30. The van der Waals surface area contributed by atoms with Crippen LogP contribution in [-0.2, 0) is 0 Å². The van der Waals surface area contributed by atoms with E-state index < -0.39 is 0 Å². The fourth-order valence-electron chi connectivity index (χ4n) is 1.53. The van der Waals surface area contributed by atoms with Gasteiger partial charge < -0.3 is 10.1 Å². The SMILES string of the molecule is CCCNc1ncnc(-c2cccs2)c1OC. The van der Waals surface area contributed by atoms with Crippen molar-refractivity contribution in [2.45, 2.75) is 13.3 Å². The molecule has 5 heteroatoms. The van der Waals surface area contributed by atoms with Crippen molar-refractivity contribution in [1.82, 2.24) is 9.97 Å². The highest BCUT2D eigenvalue weighted by molar-refractivity contribution is 7.13. The van der Waals surface area contributed by atoms with E-state index >= 15 is 0 Å². The van der Waals surface area contributed by atoms with Gasteiger partial charge in [-0.1, -0.05) is 13.0 Å². The summed E-state index contributed by atoms with van der Waals surface area (Å²) in [6.07, 6.45) is 2.61. The number of aromatic nitrogens is 2. The Labute approximate surface area is 105 Å². The molecule has 0 bridgehead atoms. The van der Waals surface area contributed by atoms with E-state index in [1.807, 2.05) is 17.5 Å². The lowest BCUT2D eigenvalue weighted by molar-refractivity contribution is 0.414. The summed E-state index contributed by atoms with van der Waals surface area (Å²) in [4.78, 5) is 9.60. The second kappa shape index (κ2) is 5.63. The van der Waals surface area contributed by atoms with Gasteiger partial charge in [0.15, 0.2) is 11.6 Å². The Kier molecular flexibility index (Phi) is 3.93. The molecule has 0 aliphatic carbocycles. The van der Waals surface area contributed by atoms with Gasteiger partial charge in [0.2, 0.25) is 0 Å². The second-order valence-corrected chi connectivity index (χ2v) is 4.46. The van der Waals surface area contributed by atoms with Crippen LogP contribution < -0.4 is 10.1 Å². The summed E-state index contributed by atoms with van der Waals surface area (Å²) in [6.45, 7) is 2.98. The number of hydrogen-bond donors (Lipinski definition) is 1. The molecule has 4 nitrogen and oxygen atoms in total. The molecule has 2 aromatic rings. The second-order valence-electron chi connectivity index (χ2n) is 3.51. The lowest BCUT2D eigenvalue weighted by atomic mass is 10.3. The number of anilines is 1. The van der Waals surface area contributed by atoms with E-state index in [2.05, 4.69) is 22.2 Å². The van der Waals surface area contributed by atoms with Crippen LogP contribution in [0.2, 0.25) is 0 Å². The van der Waals surface area contributed by atoms with Gasteiger partial charge in [-0.15, -0.1) is 11.3 Å². The standard InChI is InChI=1S/C12H15N3OS/c1-3-6-13-12-11(16-2)10(14-8-15-12)9-5-4-7-17-9/h4-5,7-8H,3,6H2,1-2H3,(H,13,14,15). The van der Waals surface area contributed by atoms with Gasteiger partial charge in [0.25, 0.3) is 0 Å². The van der Waals surface area contributed by atoms with Crippen LogP contribution in [0.25, 0.3) is 10.6 Å². The number of methoxy groups -OCH3 is 1. The molecule has 2 heterocycles. The van der Waals surface area contributed by atoms with Gasteiger partial charge in [-0.05, 0) is 17.9 Å². The first-order chi connectivity index (χ1) is 8.36. The Bertz CT molecular complexity index is 471. The molecule has 0 saturated carbocycles. The highest BCUT2D eigenvalue weighted by Gasteiger charge is 2.13. The van der Waals surface area contributed by atoms with Crippen molar-refractivity contribution in [2.75, 3.05) is 19.0 Å². The molecule has 17 heavy (non-hydrogen) atoms. The van der Waals surface area contributed by atoms with E-state index in [1.165, 1.54) is 0 Å². The first-order valence-electron chi connectivity index (χ1n) is 5.53. The Morgan fingerprint density at radius 2 is 2.29 bits per heavy atom. The zero-order valence-corrected chi connectivity index (χ0v) is 10.8. The summed E-state index contributed by atoms with van der Waals surface area (Å²) in [5, 5.41) is 5.27. The molecule has 0 amide bonds. The normalized spacial score (nSPS) is 10.2. The molecule has 0 fully saturated rings. The molecule has 0 aliphatic heterocycles. The van der Waals surface area contributed by atoms with E-state index in [0.29, 0.717) is 5.75 Å². The van der Waals surface area contributed by atoms with Crippen molar-refractivity contribution in [3.05, 3.63) is 23.8 Å². The van der Waals surface area contributed by atoms with Crippen LogP contribution in [-0.4, -0.2) is 23.6 Å². The monoisotopic (exact) mass is 249 g/mol. The highest BCUT2D eigenvalue weighted by atomic mass is 32.1. The topological polar surface area (TPSA) is 47.0 Å². The number of rotatable bonds is 5. The van der Waals surface area contributed by atoms with Crippen LogP contribution in [0.15, 0.2) is 23.8 Å². The van der Waals surface area contributed by atoms with E-state index in [4.69, 9.17) is 4.74 Å². The molecular weight excluding hydrogens is 234 g/mol. The number of nitrogens with zero attached hydrogens (tertiary/aromatic N) is 2. The van der Waals surface area contributed by atoms with Gasteiger partial charge in [0, 0.05) is 6.54 Å². The van der Waals surface area contributed by atoms with Crippen molar-refractivity contribution in [2.24, 2.45) is 0 Å². The minimum Gasteiger partial charge on any atom is -0.491 e. The van der Waals surface area contributed by atoms with Gasteiger partial charge in [-0.2, -0.15) is 0 Å². The summed E-state index contributed by atoms with van der Waals surface area (Å²) in [6, 6.07) is 4.03. The molecule has 0 aromatic carbocycles. The Hall–Kier alpha value is -1.62. The Morgan fingerprint density at radius 1 is 1.41 bits per heavy atom. The van der Waals surface area contributed by atoms with Gasteiger partial charge in [0.05, 0.1) is 12.0 Å². The molecule has 0 saturated heterocycles. The Balaban J connectivity index is 2.39. The Morgan fingerprint density at radius 3 is 2.94 bits per heavy atom. The number of nitrogens with one attached hydrogen (secondary N) is 1. The minimum atomic E-state index is 0.711. The smallest absolute Gasteiger partial charge is 0.188 e. The molecular formula is C12H15N3OS.